The maximum atomic E-state index is 11.0. The number of rotatable bonds is 3. The number of primary amides is 1. The van der Waals surface area contributed by atoms with Crippen molar-refractivity contribution >= 4 is 23.0 Å². The quantitative estimate of drug-likeness (QED) is 0.601. The first-order valence-corrected chi connectivity index (χ1v) is 5.75. The smallest absolute Gasteiger partial charge is 0.270 e. The maximum Gasteiger partial charge on any atom is 0.270 e. The summed E-state index contributed by atoms with van der Waals surface area (Å²) >= 11 is 1.49. The Morgan fingerprint density at radius 2 is 2.41 bits per heavy atom. The zero-order valence-electron chi connectivity index (χ0n) is 8.75. The van der Waals surface area contributed by atoms with Crippen molar-refractivity contribution in [3.8, 4) is 0 Å². The molecule has 0 spiro atoms. The summed E-state index contributed by atoms with van der Waals surface area (Å²) in [5, 5.41) is 25.7. The molecule has 0 saturated heterocycles. The van der Waals surface area contributed by atoms with E-state index < -0.39 is 11.8 Å². The molecule has 1 unspecified atom stereocenters. The molecule has 1 atom stereocenters. The fraction of sp³-hybridized carbons (Fsp3) is 0.200. The van der Waals surface area contributed by atoms with Gasteiger partial charge in [-0.05, 0) is 22.4 Å². The molecule has 17 heavy (non-hydrogen) atoms. The summed E-state index contributed by atoms with van der Waals surface area (Å²) in [6, 6.07) is 1.84. The number of hydrogen-bond acceptors (Lipinski definition) is 6. The molecular weight excluding hydrogens is 242 g/mol. The fourth-order valence-electron chi connectivity index (χ4n) is 1.48. The van der Waals surface area contributed by atoms with Crippen LogP contribution in [0.4, 0.5) is 0 Å². The lowest BCUT2D eigenvalue weighted by Crippen LogP contribution is -2.48. The normalized spacial score (nSPS) is 23.6. The van der Waals surface area contributed by atoms with Gasteiger partial charge in [0.1, 0.15) is 0 Å². The third-order valence-corrected chi connectivity index (χ3v) is 2.98. The van der Waals surface area contributed by atoms with Crippen molar-refractivity contribution in [3.05, 3.63) is 34.3 Å². The second-order valence-electron chi connectivity index (χ2n) is 3.62. The monoisotopic (exact) mass is 253 g/mol. The summed E-state index contributed by atoms with van der Waals surface area (Å²) in [6.45, 7) is 0. The number of carbonyl (C=O) groups excluding carboxylic acids is 1. The number of carbonyl (C=O) groups is 1. The van der Waals surface area contributed by atoms with Crippen LogP contribution in [0.15, 0.2) is 33.8 Å². The lowest BCUT2D eigenvalue weighted by Gasteiger charge is -2.27. The second kappa shape index (κ2) is 4.19. The van der Waals surface area contributed by atoms with Gasteiger partial charge < -0.3 is 21.3 Å². The van der Waals surface area contributed by atoms with E-state index in [0.29, 0.717) is 0 Å². The second-order valence-corrected chi connectivity index (χ2v) is 4.40. The molecule has 5 N–H and O–H groups in total. The number of thiophene rings is 1. The van der Waals surface area contributed by atoms with Crippen molar-refractivity contribution < 1.29 is 15.0 Å². The highest BCUT2D eigenvalue weighted by atomic mass is 32.1. The Hall–Kier alpha value is -1.86. The number of amides is 1. The molecular formula is C10H11N3O3S. The van der Waals surface area contributed by atoms with Crippen LogP contribution in [0.3, 0.4) is 0 Å². The van der Waals surface area contributed by atoms with E-state index in [-0.39, 0.29) is 17.9 Å². The van der Waals surface area contributed by atoms with Gasteiger partial charge in [-0.15, -0.1) is 0 Å². The third kappa shape index (κ3) is 2.45. The van der Waals surface area contributed by atoms with Crippen LogP contribution < -0.4 is 11.1 Å². The van der Waals surface area contributed by atoms with Gasteiger partial charge in [0, 0.05) is 12.6 Å². The molecule has 0 aliphatic carbocycles. The molecule has 0 radical (unpaired) electrons. The molecule has 1 aliphatic rings. The van der Waals surface area contributed by atoms with E-state index in [4.69, 9.17) is 5.73 Å². The Labute approximate surface area is 101 Å². The largest absolute Gasteiger partial charge is 0.504 e. The van der Waals surface area contributed by atoms with Crippen molar-refractivity contribution in [2.75, 3.05) is 0 Å². The standard InChI is InChI=1S/C10H11N3O3S/c11-9(15)8-7(14)4-12-10(16,13-8)3-6-1-2-17-5-6/h1-2,4-5,12,14,16H,3H2,(H2,11,15). The SMILES string of the molecule is NC(=O)C1=NC(O)(Cc2ccsc2)NC=C1O. The van der Waals surface area contributed by atoms with Gasteiger partial charge in [0.05, 0.1) is 0 Å². The summed E-state index contributed by atoms with van der Waals surface area (Å²) < 4.78 is 0. The van der Waals surface area contributed by atoms with Crippen molar-refractivity contribution in [2.45, 2.75) is 12.3 Å². The van der Waals surface area contributed by atoms with E-state index in [2.05, 4.69) is 10.3 Å². The van der Waals surface area contributed by atoms with Crippen LogP contribution in [0.1, 0.15) is 5.56 Å². The average Bonchev–Trinajstić information content (AvgIpc) is 2.74. The summed E-state index contributed by atoms with van der Waals surface area (Å²) in [5.74, 6) is -2.92. The van der Waals surface area contributed by atoms with Crippen LogP contribution >= 0.6 is 11.3 Å². The molecule has 7 heteroatoms. The van der Waals surface area contributed by atoms with Crippen LogP contribution in [0.25, 0.3) is 0 Å². The zero-order valence-corrected chi connectivity index (χ0v) is 9.57. The molecule has 0 aromatic carbocycles. The minimum Gasteiger partial charge on any atom is -0.504 e. The minimum atomic E-state index is -1.66. The van der Waals surface area contributed by atoms with E-state index >= 15 is 0 Å². The number of nitrogens with zero attached hydrogens (tertiary/aromatic N) is 1. The number of hydrogen-bond donors (Lipinski definition) is 4. The van der Waals surface area contributed by atoms with Gasteiger partial charge in [-0.3, -0.25) is 4.79 Å². The Balaban J connectivity index is 2.25. The average molecular weight is 253 g/mol. The van der Waals surface area contributed by atoms with Crippen LogP contribution in [0, 0.1) is 0 Å². The Morgan fingerprint density at radius 3 is 3.00 bits per heavy atom. The number of nitrogens with two attached hydrogens (primary N) is 1. The fourth-order valence-corrected chi connectivity index (χ4v) is 2.15. The first-order valence-electron chi connectivity index (χ1n) is 4.80. The van der Waals surface area contributed by atoms with Crippen molar-refractivity contribution in [3.63, 3.8) is 0 Å². The van der Waals surface area contributed by atoms with Crippen molar-refractivity contribution in [1.29, 1.82) is 0 Å². The molecule has 0 bridgehead atoms. The number of aliphatic imine (C=N–C) groups is 1. The highest BCUT2D eigenvalue weighted by Gasteiger charge is 2.32. The molecule has 2 rings (SSSR count). The van der Waals surface area contributed by atoms with Crippen molar-refractivity contribution in [2.24, 2.45) is 10.7 Å². The molecule has 90 valence electrons. The Bertz CT molecular complexity index is 495. The van der Waals surface area contributed by atoms with E-state index in [9.17, 15) is 15.0 Å². The number of aliphatic hydroxyl groups excluding tert-OH is 1. The molecule has 6 nitrogen and oxygen atoms in total. The summed E-state index contributed by atoms with van der Waals surface area (Å²) in [5.41, 5.74) is 5.58. The highest BCUT2D eigenvalue weighted by Crippen LogP contribution is 2.19. The first kappa shape index (κ1) is 11.6. The summed E-state index contributed by atoms with van der Waals surface area (Å²) in [7, 11) is 0. The molecule has 2 heterocycles. The van der Waals surface area contributed by atoms with E-state index in [1.54, 1.807) is 0 Å². The molecule has 0 fully saturated rings. The third-order valence-electron chi connectivity index (χ3n) is 2.24. The molecule has 0 saturated carbocycles. The van der Waals surface area contributed by atoms with Crippen LogP contribution in [0.5, 0.6) is 0 Å². The molecule has 1 aliphatic heterocycles. The van der Waals surface area contributed by atoms with Gasteiger partial charge in [-0.25, -0.2) is 4.99 Å². The predicted molar refractivity (Wildman–Crippen MR) is 63.4 cm³/mol. The van der Waals surface area contributed by atoms with Gasteiger partial charge in [-0.1, -0.05) is 0 Å². The van der Waals surface area contributed by atoms with E-state index in [0.717, 1.165) is 11.8 Å². The van der Waals surface area contributed by atoms with Crippen LogP contribution in [0.2, 0.25) is 0 Å². The molecule has 1 aromatic rings. The van der Waals surface area contributed by atoms with Gasteiger partial charge in [0.15, 0.2) is 11.5 Å². The van der Waals surface area contributed by atoms with E-state index in [1.807, 2.05) is 16.8 Å². The van der Waals surface area contributed by atoms with Crippen molar-refractivity contribution in [1.82, 2.24) is 5.32 Å². The van der Waals surface area contributed by atoms with E-state index in [1.165, 1.54) is 11.3 Å². The van der Waals surface area contributed by atoms with Gasteiger partial charge >= 0.3 is 0 Å². The zero-order chi connectivity index (χ0) is 12.5. The maximum absolute atomic E-state index is 11.0. The van der Waals surface area contributed by atoms with Gasteiger partial charge in [0.2, 0.25) is 5.85 Å². The lowest BCUT2D eigenvalue weighted by molar-refractivity contribution is -0.112. The summed E-state index contributed by atoms with van der Waals surface area (Å²) in [4.78, 5) is 14.8. The Morgan fingerprint density at radius 1 is 1.65 bits per heavy atom. The predicted octanol–water partition coefficient (Wildman–Crippen LogP) is -0.134. The minimum absolute atomic E-state index is 0.178. The number of aliphatic hydroxyl groups is 2. The molecule has 1 amide bonds. The first-order chi connectivity index (χ1) is 8.00. The van der Waals surface area contributed by atoms with Gasteiger partial charge in [-0.2, -0.15) is 11.3 Å². The highest BCUT2D eigenvalue weighted by molar-refractivity contribution is 7.07. The summed E-state index contributed by atoms with van der Waals surface area (Å²) in [6.07, 6.45) is 1.29. The number of nitrogens with one attached hydrogen (secondary N) is 1. The lowest BCUT2D eigenvalue weighted by atomic mass is 10.1. The Kier molecular flexibility index (Phi) is 2.86. The van der Waals surface area contributed by atoms with Crippen LogP contribution in [-0.4, -0.2) is 27.7 Å². The molecule has 1 aromatic heterocycles. The van der Waals surface area contributed by atoms with Crippen LogP contribution in [-0.2, 0) is 11.2 Å². The van der Waals surface area contributed by atoms with Gasteiger partial charge in [0.25, 0.3) is 5.91 Å². The topological polar surface area (TPSA) is 108 Å².